The van der Waals surface area contributed by atoms with Crippen LogP contribution in [0.25, 0.3) is 0 Å². The molecule has 1 saturated heterocycles. The van der Waals surface area contributed by atoms with E-state index in [2.05, 4.69) is 5.32 Å². The fourth-order valence-corrected chi connectivity index (χ4v) is 4.22. The highest BCUT2D eigenvalue weighted by atomic mass is 32.2. The highest BCUT2D eigenvalue weighted by Crippen LogP contribution is 2.21. The molecule has 150 valence electrons. The molecule has 3 rings (SSSR count). The summed E-state index contributed by atoms with van der Waals surface area (Å²) in [5.74, 6) is -0.719. The lowest BCUT2D eigenvalue weighted by Gasteiger charge is -2.26. The number of ether oxygens (including phenoxy) is 2. The van der Waals surface area contributed by atoms with Crippen molar-refractivity contribution in [2.45, 2.75) is 4.90 Å². The van der Waals surface area contributed by atoms with Crippen LogP contribution in [-0.4, -0.2) is 58.1 Å². The zero-order valence-corrected chi connectivity index (χ0v) is 16.0. The van der Waals surface area contributed by atoms with Gasteiger partial charge in [-0.15, -0.1) is 0 Å². The first-order valence-electron chi connectivity index (χ1n) is 8.82. The van der Waals surface area contributed by atoms with Gasteiger partial charge < -0.3 is 14.8 Å². The number of benzene rings is 2. The number of hydrogen-bond donors (Lipinski definition) is 1. The van der Waals surface area contributed by atoms with Crippen LogP contribution in [0.1, 0.15) is 10.4 Å². The zero-order valence-electron chi connectivity index (χ0n) is 15.1. The van der Waals surface area contributed by atoms with Gasteiger partial charge in [-0.1, -0.05) is 18.2 Å². The van der Waals surface area contributed by atoms with Gasteiger partial charge in [0.05, 0.1) is 19.8 Å². The predicted octanol–water partition coefficient (Wildman–Crippen LogP) is 1.66. The van der Waals surface area contributed by atoms with E-state index in [1.54, 1.807) is 12.1 Å². The number of carbonyl (C=O) groups excluding carboxylic acids is 1. The Morgan fingerprint density at radius 3 is 2.57 bits per heavy atom. The van der Waals surface area contributed by atoms with Crippen molar-refractivity contribution in [1.82, 2.24) is 9.62 Å². The van der Waals surface area contributed by atoms with E-state index in [0.29, 0.717) is 5.75 Å². The maximum absolute atomic E-state index is 14.2. The second kappa shape index (κ2) is 9.13. The standard InChI is InChI=1S/C19H21FN2O5S/c20-17-7-6-15(14-18(17)28(24,25)22-9-12-26-13-10-22)19(23)21-8-11-27-16-4-2-1-3-5-16/h1-7,14H,8-13H2,(H,21,23). The highest BCUT2D eigenvalue weighted by Gasteiger charge is 2.29. The molecular formula is C19H21FN2O5S. The molecule has 9 heteroatoms. The van der Waals surface area contributed by atoms with Crippen LogP contribution in [-0.2, 0) is 14.8 Å². The van der Waals surface area contributed by atoms with Crippen LogP contribution in [0, 0.1) is 5.82 Å². The van der Waals surface area contributed by atoms with Gasteiger partial charge in [-0.25, -0.2) is 12.8 Å². The molecule has 1 aliphatic heterocycles. The van der Waals surface area contributed by atoms with Crippen molar-refractivity contribution >= 4 is 15.9 Å². The lowest BCUT2D eigenvalue weighted by atomic mass is 10.2. The van der Waals surface area contributed by atoms with Crippen LogP contribution in [0.3, 0.4) is 0 Å². The molecule has 1 N–H and O–H groups in total. The average molecular weight is 408 g/mol. The van der Waals surface area contributed by atoms with Crippen molar-refractivity contribution in [3.63, 3.8) is 0 Å². The van der Waals surface area contributed by atoms with Crippen molar-refractivity contribution in [3.05, 3.63) is 59.9 Å². The average Bonchev–Trinajstić information content (AvgIpc) is 2.72. The molecule has 28 heavy (non-hydrogen) atoms. The Labute approximate surface area is 163 Å². The summed E-state index contributed by atoms with van der Waals surface area (Å²) in [5, 5.41) is 2.63. The number of halogens is 1. The fraction of sp³-hybridized carbons (Fsp3) is 0.316. The Hall–Kier alpha value is -2.49. The Morgan fingerprint density at radius 1 is 1.14 bits per heavy atom. The van der Waals surface area contributed by atoms with Gasteiger partial charge >= 0.3 is 0 Å². The minimum Gasteiger partial charge on any atom is -0.492 e. The van der Waals surface area contributed by atoms with Crippen LogP contribution >= 0.6 is 0 Å². The fourth-order valence-electron chi connectivity index (χ4n) is 2.72. The first-order valence-corrected chi connectivity index (χ1v) is 10.3. The number of carbonyl (C=O) groups is 1. The van der Waals surface area contributed by atoms with E-state index in [1.807, 2.05) is 18.2 Å². The molecule has 0 bridgehead atoms. The van der Waals surface area contributed by atoms with E-state index in [4.69, 9.17) is 9.47 Å². The van der Waals surface area contributed by atoms with Crippen molar-refractivity contribution in [2.75, 3.05) is 39.5 Å². The molecule has 2 aromatic carbocycles. The number of nitrogens with one attached hydrogen (secondary N) is 1. The van der Waals surface area contributed by atoms with E-state index < -0.39 is 26.6 Å². The largest absolute Gasteiger partial charge is 0.492 e. The first-order chi connectivity index (χ1) is 13.5. The molecule has 0 spiro atoms. The number of sulfonamides is 1. The monoisotopic (exact) mass is 408 g/mol. The van der Waals surface area contributed by atoms with Crippen LogP contribution < -0.4 is 10.1 Å². The molecule has 1 amide bonds. The second-order valence-electron chi connectivity index (χ2n) is 6.08. The maximum atomic E-state index is 14.2. The summed E-state index contributed by atoms with van der Waals surface area (Å²) in [6.07, 6.45) is 0. The van der Waals surface area contributed by atoms with Crippen LogP contribution in [0.15, 0.2) is 53.4 Å². The molecule has 1 fully saturated rings. The predicted molar refractivity (Wildman–Crippen MR) is 100 cm³/mol. The number of hydrogen-bond acceptors (Lipinski definition) is 5. The molecule has 0 atom stereocenters. The minimum atomic E-state index is -4.04. The van der Waals surface area contributed by atoms with Crippen LogP contribution in [0.4, 0.5) is 4.39 Å². The van der Waals surface area contributed by atoms with Crippen LogP contribution in [0.2, 0.25) is 0 Å². The summed E-state index contributed by atoms with van der Waals surface area (Å²) in [4.78, 5) is 11.8. The van der Waals surface area contributed by atoms with Gasteiger partial charge in [0, 0.05) is 18.7 Å². The highest BCUT2D eigenvalue weighted by molar-refractivity contribution is 7.89. The quantitative estimate of drug-likeness (QED) is 0.705. The Balaban J connectivity index is 1.64. The number of amides is 1. The molecule has 0 unspecified atom stereocenters. The van der Waals surface area contributed by atoms with Gasteiger partial charge in [-0.3, -0.25) is 4.79 Å². The molecule has 2 aromatic rings. The van der Waals surface area contributed by atoms with E-state index in [1.165, 1.54) is 6.07 Å². The SMILES string of the molecule is O=C(NCCOc1ccccc1)c1ccc(F)c(S(=O)(=O)N2CCOCC2)c1. The molecule has 1 heterocycles. The summed E-state index contributed by atoms with van der Waals surface area (Å²) in [7, 11) is -4.04. The van der Waals surface area contributed by atoms with Gasteiger partial charge in [0.15, 0.2) is 0 Å². The van der Waals surface area contributed by atoms with Crippen molar-refractivity contribution in [3.8, 4) is 5.75 Å². The maximum Gasteiger partial charge on any atom is 0.251 e. The molecule has 0 aliphatic carbocycles. The molecule has 0 saturated carbocycles. The molecule has 0 aromatic heterocycles. The van der Waals surface area contributed by atoms with Crippen molar-refractivity contribution in [1.29, 1.82) is 0 Å². The third kappa shape index (κ3) is 4.86. The summed E-state index contributed by atoms with van der Waals surface area (Å²) in [6, 6.07) is 12.4. The molecule has 7 nitrogen and oxygen atoms in total. The van der Waals surface area contributed by atoms with Crippen LogP contribution in [0.5, 0.6) is 5.75 Å². The summed E-state index contributed by atoms with van der Waals surface area (Å²) >= 11 is 0. The van der Waals surface area contributed by atoms with Gasteiger partial charge in [0.2, 0.25) is 10.0 Å². The molecule has 1 aliphatic rings. The van der Waals surface area contributed by atoms with E-state index in [0.717, 1.165) is 16.4 Å². The van der Waals surface area contributed by atoms with E-state index >= 15 is 0 Å². The van der Waals surface area contributed by atoms with Gasteiger partial charge in [-0.05, 0) is 30.3 Å². The van der Waals surface area contributed by atoms with E-state index in [9.17, 15) is 17.6 Å². The second-order valence-corrected chi connectivity index (χ2v) is 7.99. The molecular weight excluding hydrogens is 387 g/mol. The number of rotatable bonds is 7. The van der Waals surface area contributed by atoms with Crippen molar-refractivity contribution in [2.24, 2.45) is 0 Å². The number of morpholine rings is 1. The topological polar surface area (TPSA) is 84.9 Å². The zero-order chi connectivity index (χ0) is 20.0. The third-order valence-electron chi connectivity index (χ3n) is 4.18. The van der Waals surface area contributed by atoms with Gasteiger partial charge in [0.25, 0.3) is 5.91 Å². The summed E-state index contributed by atoms with van der Waals surface area (Å²) < 4.78 is 51.3. The smallest absolute Gasteiger partial charge is 0.251 e. The molecule has 0 radical (unpaired) electrons. The Bertz CT molecular complexity index is 915. The van der Waals surface area contributed by atoms with Gasteiger partial charge in [-0.2, -0.15) is 4.31 Å². The third-order valence-corrected chi connectivity index (χ3v) is 6.09. The van der Waals surface area contributed by atoms with Crippen molar-refractivity contribution < 1.29 is 27.1 Å². The summed E-state index contributed by atoms with van der Waals surface area (Å²) in [5.41, 5.74) is 0.0629. The number of para-hydroxylation sites is 1. The Kier molecular flexibility index (Phi) is 6.61. The summed E-state index contributed by atoms with van der Waals surface area (Å²) in [6.45, 7) is 1.27. The first kappa shape index (κ1) is 20.2. The number of nitrogens with zero attached hydrogens (tertiary/aromatic N) is 1. The lowest BCUT2D eigenvalue weighted by molar-refractivity contribution is 0.0729. The van der Waals surface area contributed by atoms with E-state index in [-0.39, 0.29) is 45.0 Å². The Morgan fingerprint density at radius 2 is 1.86 bits per heavy atom. The normalized spacial score (nSPS) is 15.2. The van der Waals surface area contributed by atoms with Gasteiger partial charge in [0.1, 0.15) is 23.1 Å². The minimum absolute atomic E-state index is 0.0629. The lowest BCUT2D eigenvalue weighted by Crippen LogP contribution is -2.41.